The number of hydrogen-bond acceptors (Lipinski definition) is 3. The molecule has 1 amide bonds. The lowest BCUT2D eigenvalue weighted by Crippen LogP contribution is -2.46. The molecule has 138 valence electrons. The SMILES string of the molecule is CCNC(=NCc1cccc(C(N)=O)c1)NC1CN(C(C)C)CC1C. The lowest BCUT2D eigenvalue weighted by molar-refractivity contribution is 0.1000. The maximum atomic E-state index is 11.3. The van der Waals surface area contributed by atoms with Crippen LogP contribution in [0.1, 0.15) is 43.6 Å². The number of primary amides is 1. The third kappa shape index (κ3) is 5.46. The van der Waals surface area contributed by atoms with E-state index in [1.807, 2.05) is 12.1 Å². The zero-order valence-electron chi connectivity index (χ0n) is 15.7. The summed E-state index contributed by atoms with van der Waals surface area (Å²) in [4.78, 5) is 18.5. The highest BCUT2D eigenvalue weighted by Crippen LogP contribution is 2.18. The van der Waals surface area contributed by atoms with Gasteiger partial charge in [-0.25, -0.2) is 4.99 Å². The summed E-state index contributed by atoms with van der Waals surface area (Å²) in [6.45, 7) is 12.3. The van der Waals surface area contributed by atoms with Crippen molar-refractivity contribution < 1.29 is 4.79 Å². The van der Waals surface area contributed by atoms with Gasteiger partial charge in [0, 0.05) is 37.3 Å². The molecule has 0 radical (unpaired) electrons. The zero-order valence-corrected chi connectivity index (χ0v) is 15.7. The molecule has 2 rings (SSSR count). The number of carbonyl (C=O) groups excluding carboxylic acids is 1. The van der Waals surface area contributed by atoms with E-state index < -0.39 is 5.91 Å². The minimum atomic E-state index is -0.413. The average molecular weight is 345 g/mol. The first-order chi connectivity index (χ1) is 11.9. The Morgan fingerprint density at radius 1 is 1.40 bits per heavy atom. The molecule has 2 unspecified atom stereocenters. The third-order valence-electron chi connectivity index (χ3n) is 4.67. The summed E-state index contributed by atoms with van der Waals surface area (Å²) in [7, 11) is 0. The second-order valence-electron chi connectivity index (χ2n) is 7.04. The van der Waals surface area contributed by atoms with Gasteiger partial charge in [-0.1, -0.05) is 19.1 Å². The normalized spacial score (nSPS) is 21.6. The fraction of sp³-hybridized carbons (Fsp3) is 0.579. The Bertz CT molecular complexity index is 614. The molecule has 0 saturated carbocycles. The second kappa shape index (κ2) is 8.85. The number of nitrogens with one attached hydrogen (secondary N) is 2. The van der Waals surface area contributed by atoms with Crippen LogP contribution in [0.25, 0.3) is 0 Å². The summed E-state index contributed by atoms with van der Waals surface area (Å²) in [5.74, 6) is 0.975. The van der Waals surface area contributed by atoms with Crippen LogP contribution in [0.4, 0.5) is 0 Å². The van der Waals surface area contributed by atoms with Crippen molar-refractivity contribution in [1.82, 2.24) is 15.5 Å². The summed E-state index contributed by atoms with van der Waals surface area (Å²) in [5.41, 5.74) is 6.83. The van der Waals surface area contributed by atoms with Crippen molar-refractivity contribution in [3.63, 3.8) is 0 Å². The van der Waals surface area contributed by atoms with Gasteiger partial charge in [0.25, 0.3) is 0 Å². The minimum absolute atomic E-state index is 0.386. The molecule has 6 nitrogen and oxygen atoms in total. The van der Waals surface area contributed by atoms with E-state index in [0.717, 1.165) is 31.2 Å². The third-order valence-corrected chi connectivity index (χ3v) is 4.67. The van der Waals surface area contributed by atoms with Gasteiger partial charge in [-0.15, -0.1) is 0 Å². The smallest absolute Gasteiger partial charge is 0.248 e. The van der Waals surface area contributed by atoms with Gasteiger partial charge >= 0.3 is 0 Å². The Balaban J connectivity index is 2.03. The standard InChI is InChI=1S/C19H31N5O/c1-5-21-19(23-17-12-24(13(2)3)11-14(17)4)22-10-15-7-6-8-16(9-15)18(20)25/h6-9,13-14,17H,5,10-12H2,1-4H3,(H2,20,25)(H2,21,22,23). The molecule has 4 N–H and O–H groups in total. The van der Waals surface area contributed by atoms with Crippen LogP contribution in [0.2, 0.25) is 0 Å². The fourth-order valence-corrected chi connectivity index (χ4v) is 3.10. The van der Waals surface area contributed by atoms with Gasteiger partial charge in [0.05, 0.1) is 6.54 Å². The Morgan fingerprint density at radius 2 is 2.16 bits per heavy atom. The van der Waals surface area contributed by atoms with Crippen molar-refractivity contribution >= 4 is 11.9 Å². The van der Waals surface area contributed by atoms with Gasteiger partial charge < -0.3 is 16.4 Å². The average Bonchev–Trinajstić information content (AvgIpc) is 2.94. The number of guanidine groups is 1. The van der Waals surface area contributed by atoms with E-state index in [-0.39, 0.29) is 0 Å². The highest BCUT2D eigenvalue weighted by molar-refractivity contribution is 5.92. The molecule has 1 heterocycles. The van der Waals surface area contributed by atoms with Gasteiger partial charge in [-0.2, -0.15) is 0 Å². The van der Waals surface area contributed by atoms with E-state index in [9.17, 15) is 4.79 Å². The molecule has 1 aromatic rings. The number of nitrogens with zero attached hydrogens (tertiary/aromatic N) is 2. The molecule has 25 heavy (non-hydrogen) atoms. The van der Waals surface area contributed by atoms with Crippen molar-refractivity contribution in [2.45, 2.75) is 46.3 Å². The molecule has 0 aliphatic carbocycles. The molecule has 2 atom stereocenters. The Kier molecular flexibility index (Phi) is 6.82. The summed E-state index contributed by atoms with van der Waals surface area (Å²) in [5, 5.41) is 6.88. The monoisotopic (exact) mass is 345 g/mol. The van der Waals surface area contributed by atoms with Crippen molar-refractivity contribution in [2.24, 2.45) is 16.6 Å². The van der Waals surface area contributed by atoms with Crippen LogP contribution in [0, 0.1) is 5.92 Å². The van der Waals surface area contributed by atoms with Crippen LogP contribution in [-0.2, 0) is 6.54 Å². The summed E-state index contributed by atoms with van der Waals surface area (Å²) >= 11 is 0. The number of carbonyl (C=O) groups is 1. The number of rotatable bonds is 6. The molecule has 1 aliphatic rings. The van der Waals surface area contributed by atoms with Gasteiger partial charge in [0.15, 0.2) is 5.96 Å². The first kappa shape index (κ1) is 19.2. The fourth-order valence-electron chi connectivity index (χ4n) is 3.10. The van der Waals surface area contributed by atoms with E-state index in [1.54, 1.807) is 12.1 Å². The van der Waals surface area contributed by atoms with Crippen molar-refractivity contribution in [1.29, 1.82) is 0 Å². The second-order valence-corrected chi connectivity index (χ2v) is 7.04. The lowest BCUT2D eigenvalue weighted by atomic mass is 10.1. The molecule has 0 spiro atoms. The van der Waals surface area contributed by atoms with Gasteiger partial charge in [0.2, 0.25) is 5.91 Å². The largest absolute Gasteiger partial charge is 0.366 e. The van der Waals surface area contributed by atoms with Gasteiger partial charge in [-0.05, 0) is 44.4 Å². The molecule has 1 fully saturated rings. The van der Waals surface area contributed by atoms with E-state index >= 15 is 0 Å². The molecular formula is C19H31N5O. The molecule has 0 aromatic heterocycles. The molecule has 1 aromatic carbocycles. The Hall–Kier alpha value is -2.08. The summed E-state index contributed by atoms with van der Waals surface area (Å²) < 4.78 is 0. The van der Waals surface area contributed by atoms with Crippen LogP contribution in [-0.4, -0.2) is 48.5 Å². The number of hydrogen-bond donors (Lipinski definition) is 3. The molecule has 0 bridgehead atoms. The quantitative estimate of drug-likeness (QED) is 0.540. The number of nitrogens with two attached hydrogens (primary N) is 1. The maximum Gasteiger partial charge on any atom is 0.248 e. The topological polar surface area (TPSA) is 82.7 Å². The first-order valence-electron chi connectivity index (χ1n) is 9.08. The van der Waals surface area contributed by atoms with Crippen LogP contribution in [0.5, 0.6) is 0 Å². The number of amides is 1. The Labute approximate surface area is 150 Å². The van der Waals surface area contributed by atoms with Crippen LogP contribution < -0.4 is 16.4 Å². The minimum Gasteiger partial charge on any atom is -0.366 e. The molecule has 1 saturated heterocycles. The maximum absolute atomic E-state index is 11.3. The van der Waals surface area contributed by atoms with E-state index in [0.29, 0.717) is 30.1 Å². The first-order valence-corrected chi connectivity index (χ1v) is 9.08. The highest BCUT2D eigenvalue weighted by Gasteiger charge is 2.31. The van der Waals surface area contributed by atoms with Crippen LogP contribution in [0.15, 0.2) is 29.3 Å². The van der Waals surface area contributed by atoms with E-state index in [4.69, 9.17) is 5.73 Å². The summed E-state index contributed by atoms with van der Waals surface area (Å²) in [6.07, 6.45) is 0. The molecular weight excluding hydrogens is 314 g/mol. The van der Waals surface area contributed by atoms with Gasteiger partial charge in [0.1, 0.15) is 0 Å². The van der Waals surface area contributed by atoms with Crippen molar-refractivity contribution in [2.75, 3.05) is 19.6 Å². The summed E-state index contributed by atoms with van der Waals surface area (Å²) in [6, 6.07) is 8.26. The predicted molar refractivity (Wildman–Crippen MR) is 103 cm³/mol. The van der Waals surface area contributed by atoms with Crippen molar-refractivity contribution in [3.05, 3.63) is 35.4 Å². The Morgan fingerprint density at radius 3 is 2.76 bits per heavy atom. The van der Waals surface area contributed by atoms with Gasteiger partial charge in [-0.3, -0.25) is 9.69 Å². The highest BCUT2D eigenvalue weighted by atomic mass is 16.1. The van der Waals surface area contributed by atoms with Crippen LogP contribution >= 0.6 is 0 Å². The lowest BCUT2D eigenvalue weighted by Gasteiger charge is -2.22. The molecule has 6 heteroatoms. The number of aliphatic imine (C=N–C) groups is 1. The zero-order chi connectivity index (χ0) is 18.4. The number of likely N-dealkylation sites (tertiary alicyclic amines) is 1. The predicted octanol–water partition coefficient (Wildman–Crippen LogP) is 1.57. The van der Waals surface area contributed by atoms with E-state index in [2.05, 4.69) is 48.2 Å². The molecule has 1 aliphatic heterocycles. The van der Waals surface area contributed by atoms with Crippen molar-refractivity contribution in [3.8, 4) is 0 Å². The van der Waals surface area contributed by atoms with Crippen LogP contribution in [0.3, 0.4) is 0 Å². The number of benzene rings is 1. The van der Waals surface area contributed by atoms with E-state index in [1.165, 1.54) is 0 Å².